The number of methoxy groups -OCH3 is 1. The van der Waals surface area contributed by atoms with Crippen LogP contribution in [0.5, 0.6) is 5.75 Å². The van der Waals surface area contributed by atoms with E-state index in [0.717, 1.165) is 0 Å². The van der Waals surface area contributed by atoms with Gasteiger partial charge in [0.2, 0.25) is 0 Å². The van der Waals surface area contributed by atoms with Gasteiger partial charge in [0.25, 0.3) is 5.69 Å². The maximum Gasteiger partial charge on any atom is 0.339 e. The Morgan fingerprint density at radius 2 is 1.88 bits per heavy atom. The Bertz CT molecular complexity index is 790. The molecule has 1 N–H and O–H groups in total. The van der Waals surface area contributed by atoms with Crippen LogP contribution in [0.1, 0.15) is 24.2 Å². The van der Waals surface area contributed by atoms with Gasteiger partial charge in [0.1, 0.15) is 11.4 Å². The predicted octanol–water partition coefficient (Wildman–Crippen LogP) is 4.67. The van der Waals surface area contributed by atoms with Gasteiger partial charge in [0.15, 0.2) is 0 Å². The first-order chi connectivity index (χ1) is 11.8. The molecule has 132 valence electrons. The van der Waals surface area contributed by atoms with E-state index in [1.165, 1.54) is 19.2 Å². The molecule has 2 rings (SSSR count). The molecule has 0 atom stereocenters. The van der Waals surface area contributed by atoms with E-state index in [9.17, 15) is 14.9 Å². The Hall–Kier alpha value is -2.61. The number of ether oxygens (including phenoxy) is 2. The van der Waals surface area contributed by atoms with Gasteiger partial charge in [-0.3, -0.25) is 10.1 Å². The molecule has 0 heterocycles. The lowest BCUT2D eigenvalue weighted by molar-refractivity contribution is -0.384. The van der Waals surface area contributed by atoms with Gasteiger partial charge in [0, 0.05) is 16.2 Å². The van der Waals surface area contributed by atoms with E-state index < -0.39 is 10.9 Å². The van der Waals surface area contributed by atoms with Crippen molar-refractivity contribution in [1.82, 2.24) is 0 Å². The number of nitro groups is 1. The Labute approximate surface area is 153 Å². The number of esters is 1. The highest BCUT2D eigenvalue weighted by Crippen LogP contribution is 2.34. The van der Waals surface area contributed by atoms with E-state index >= 15 is 0 Å². The van der Waals surface area contributed by atoms with Gasteiger partial charge in [-0.1, -0.05) is 0 Å². The van der Waals surface area contributed by atoms with Gasteiger partial charge >= 0.3 is 5.97 Å². The molecule has 0 aliphatic rings. The quantitative estimate of drug-likeness (QED) is 0.424. The number of anilines is 2. The molecular formula is C17H17BrN2O5. The lowest BCUT2D eigenvalue weighted by atomic mass is 10.1. The summed E-state index contributed by atoms with van der Waals surface area (Å²) in [5.41, 5.74) is 0.755. The Morgan fingerprint density at radius 1 is 1.24 bits per heavy atom. The second-order valence-electron chi connectivity index (χ2n) is 5.41. The third-order valence-electron chi connectivity index (χ3n) is 3.19. The molecule has 0 radical (unpaired) electrons. The fourth-order valence-corrected chi connectivity index (χ4v) is 2.63. The minimum Gasteiger partial charge on any atom is -0.491 e. The summed E-state index contributed by atoms with van der Waals surface area (Å²) in [5.74, 6) is 0.0500. The zero-order valence-electron chi connectivity index (χ0n) is 13.9. The van der Waals surface area contributed by atoms with Gasteiger partial charge in [-0.15, -0.1) is 0 Å². The molecular weight excluding hydrogens is 392 g/mol. The van der Waals surface area contributed by atoms with Crippen LogP contribution in [0.25, 0.3) is 0 Å². The molecule has 2 aromatic rings. The van der Waals surface area contributed by atoms with Crippen LogP contribution in [0.2, 0.25) is 0 Å². The van der Waals surface area contributed by atoms with Crippen LogP contribution in [0.4, 0.5) is 17.1 Å². The second kappa shape index (κ2) is 7.98. The molecule has 0 amide bonds. The van der Waals surface area contributed by atoms with Gasteiger partial charge in [-0.25, -0.2) is 4.79 Å². The fraction of sp³-hybridized carbons (Fsp3) is 0.235. The van der Waals surface area contributed by atoms with Crippen LogP contribution in [-0.4, -0.2) is 24.1 Å². The average molecular weight is 409 g/mol. The summed E-state index contributed by atoms with van der Waals surface area (Å²) in [6.07, 6.45) is 0.0571. The van der Waals surface area contributed by atoms with E-state index in [4.69, 9.17) is 4.74 Å². The molecule has 0 aliphatic carbocycles. The van der Waals surface area contributed by atoms with Gasteiger partial charge in [0.05, 0.1) is 23.7 Å². The number of hydrogen-bond donors (Lipinski definition) is 1. The minimum atomic E-state index is -0.656. The smallest absolute Gasteiger partial charge is 0.339 e. The SMILES string of the molecule is COC(=O)c1cc([N+](=O)[O-])c(Nc2ccc(OC(C)C)cc2)cc1Br. The summed E-state index contributed by atoms with van der Waals surface area (Å²) >= 11 is 3.24. The summed E-state index contributed by atoms with van der Waals surface area (Å²) in [6.45, 7) is 3.85. The molecule has 0 saturated heterocycles. The third kappa shape index (κ3) is 4.69. The normalized spacial score (nSPS) is 10.4. The molecule has 2 aromatic carbocycles. The Kier molecular flexibility index (Phi) is 5.97. The molecule has 0 spiro atoms. The number of halogens is 1. The van der Waals surface area contributed by atoms with Crippen molar-refractivity contribution in [2.24, 2.45) is 0 Å². The summed E-state index contributed by atoms with van der Waals surface area (Å²) in [6, 6.07) is 9.70. The van der Waals surface area contributed by atoms with Crippen molar-refractivity contribution in [2.75, 3.05) is 12.4 Å². The molecule has 8 heteroatoms. The Morgan fingerprint density at radius 3 is 2.40 bits per heavy atom. The maximum atomic E-state index is 11.7. The van der Waals surface area contributed by atoms with E-state index in [1.807, 2.05) is 13.8 Å². The number of nitrogens with one attached hydrogen (secondary N) is 1. The largest absolute Gasteiger partial charge is 0.491 e. The first kappa shape index (κ1) is 18.7. The Balaban J connectivity index is 2.33. The van der Waals surface area contributed by atoms with E-state index in [0.29, 0.717) is 15.9 Å². The minimum absolute atomic E-state index is 0.0571. The van der Waals surface area contributed by atoms with Gasteiger partial charge in [-0.2, -0.15) is 0 Å². The second-order valence-corrected chi connectivity index (χ2v) is 6.27. The van der Waals surface area contributed by atoms with Crippen LogP contribution in [0, 0.1) is 10.1 Å². The number of carbonyl (C=O) groups excluding carboxylic acids is 1. The zero-order chi connectivity index (χ0) is 18.6. The highest BCUT2D eigenvalue weighted by Gasteiger charge is 2.21. The maximum absolute atomic E-state index is 11.7. The summed E-state index contributed by atoms with van der Waals surface area (Å²) in [7, 11) is 1.22. The number of nitro benzene ring substituents is 1. The standard InChI is InChI=1S/C17H17BrN2O5/c1-10(2)25-12-6-4-11(5-7-12)19-15-9-14(18)13(17(21)24-3)8-16(15)20(22)23/h4-10,19H,1-3H3. The monoisotopic (exact) mass is 408 g/mol. The lowest BCUT2D eigenvalue weighted by Crippen LogP contribution is -2.06. The average Bonchev–Trinajstić information content (AvgIpc) is 2.55. The molecule has 0 saturated carbocycles. The van der Waals surface area contributed by atoms with Crippen molar-refractivity contribution in [3.63, 3.8) is 0 Å². The van der Waals surface area contributed by atoms with Crippen LogP contribution < -0.4 is 10.1 Å². The number of hydrogen-bond acceptors (Lipinski definition) is 6. The molecule has 0 unspecified atom stereocenters. The highest BCUT2D eigenvalue weighted by atomic mass is 79.9. The fourth-order valence-electron chi connectivity index (χ4n) is 2.12. The molecule has 0 aliphatic heterocycles. The van der Waals surface area contributed by atoms with Gasteiger partial charge < -0.3 is 14.8 Å². The lowest BCUT2D eigenvalue weighted by Gasteiger charge is -2.12. The molecule has 0 bridgehead atoms. The first-order valence-corrected chi connectivity index (χ1v) is 8.21. The summed E-state index contributed by atoms with van der Waals surface area (Å²) < 4.78 is 10.6. The molecule has 0 aromatic heterocycles. The van der Waals surface area contributed by atoms with Crippen LogP contribution in [0.3, 0.4) is 0 Å². The first-order valence-electron chi connectivity index (χ1n) is 7.41. The molecule has 0 fully saturated rings. The number of carbonyl (C=O) groups is 1. The van der Waals surface area contributed by atoms with Crippen molar-refractivity contribution >= 4 is 39.0 Å². The highest BCUT2D eigenvalue weighted by molar-refractivity contribution is 9.10. The van der Waals surface area contributed by atoms with Crippen LogP contribution in [0.15, 0.2) is 40.9 Å². The number of rotatable bonds is 6. The van der Waals surface area contributed by atoms with E-state index in [1.54, 1.807) is 24.3 Å². The summed E-state index contributed by atoms with van der Waals surface area (Å²) in [4.78, 5) is 22.5. The zero-order valence-corrected chi connectivity index (χ0v) is 15.5. The van der Waals surface area contributed by atoms with E-state index in [-0.39, 0.29) is 23.0 Å². The van der Waals surface area contributed by atoms with Crippen LogP contribution in [-0.2, 0) is 4.74 Å². The molecule has 25 heavy (non-hydrogen) atoms. The van der Waals surface area contributed by atoms with Gasteiger partial charge in [-0.05, 0) is 60.1 Å². The number of benzene rings is 2. The van der Waals surface area contributed by atoms with Crippen molar-refractivity contribution in [2.45, 2.75) is 20.0 Å². The van der Waals surface area contributed by atoms with Crippen molar-refractivity contribution < 1.29 is 19.2 Å². The van der Waals surface area contributed by atoms with Crippen LogP contribution >= 0.6 is 15.9 Å². The summed E-state index contributed by atoms with van der Waals surface area (Å²) in [5, 5.41) is 14.3. The number of nitrogens with zero attached hydrogens (tertiary/aromatic N) is 1. The third-order valence-corrected chi connectivity index (χ3v) is 3.85. The van der Waals surface area contributed by atoms with Crippen molar-refractivity contribution in [3.05, 3.63) is 56.5 Å². The van der Waals surface area contributed by atoms with Crippen molar-refractivity contribution in [1.29, 1.82) is 0 Å². The predicted molar refractivity (Wildman–Crippen MR) is 97.6 cm³/mol. The van der Waals surface area contributed by atoms with E-state index in [2.05, 4.69) is 26.0 Å². The topological polar surface area (TPSA) is 90.7 Å². The van der Waals surface area contributed by atoms with Crippen molar-refractivity contribution in [3.8, 4) is 5.75 Å². The molecule has 7 nitrogen and oxygen atoms in total.